The number of aryl methyl sites for hydroxylation is 1. The van der Waals surface area contributed by atoms with Crippen LogP contribution in [0.15, 0.2) is 48.5 Å². The van der Waals surface area contributed by atoms with Crippen molar-refractivity contribution in [2.45, 2.75) is 20.3 Å². The average Bonchev–Trinajstić information content (AvgIpc) is 3.16. The van der Waals surface area contributed by atoms with Crippen molar-refractivity contribution in [3.8, 4) is 0 Å². The van der Waals surface area contributed by atoms with Gasteiger partial charge in [0.15, 0.2) is 0 Å². The fraction of sp³-hybridized carbons (Fsp3) is 0.375. The summed E-state index contributed by atoms with van der Waals surface area (Å²) in [5.41, 5.74) is 3.78. The van der Waals surface area contributed by atoms with Crippen molar-refractivity contribution in [2.24, 2.45) is 5.92 Å². The van der Waals surface area contributed by atoms with E-state index in [0.717, 1.165) is 16.8 Å². The van der Waals surface area contributed by atoms with Crippen LogP contribution in [0.2, 0.25) is 0 Å². The van der Waals surface area contributed by atoms with E-state index in [0.29, 0.717) is 38.3 Å². The maximum atomic E-state index is 13.1. The van der Waals surface area contributed by atoms with Gasteiger partial charge < -0.3 is 14.7 Å². The molecular weight excluding hydrogens is 378 g/mol. The van der Waals surface area contributed by atoms with Gasteiger partial charge in [0.05, 0.1) is 5.92 Å². The monoisotopic (exact) mass is 405 g/mol. The van der Waals surface area contributed by atoms with Crippen molar-refractivity contribution < 1.29 is 14.4 Å². The molecule has 0 unspecified atom stereocenters. The van der Waals surface area contributed by atoms with Crippen LogP contribution in [0.3, 0.4) is 0 Å². The van der Waals surface area contributed by atoms with Crippen molar-refractivity contribution in [2.75, 3.05) is 37.6 Å². The lowest BCUT2D eigenvalue weighted by Crippen LogP contribution is -2.52. The Morgan fingerprint density at radius 1 is 0.867 bits per heavy atom. The third kappa shape index (κ3) is 3.82. The van der Waals surface area contributed by atoms with Crippen LogP contribution in [0.4, 0.5) is 5.69 Å². The van der Waals surface area contributed by atoms with Crippen molar-refractivity contribution in [1.29, 1.82) is 0 Å². The van der Waals surface area contributed by atoms with Crippen molar-refractivity contribution in [3.63, 3.8) is 0 Å². The van der Waals surface area contributed by atoms with Crippen molar-refractivity contribution in [1.82, 2.24) is 9.80 Å². The Hall–Kier alpha value is -3.15. The number of rotatable bonds is 3. The zero-order chi connectivity index (χ0) is 21.3. The molecule has 0 aliphatic carbocycles. The van der Waals surface area contributed by atoms with Gasteiger partial charge in [0, 0.05) is 50.4 Å². The third-order valence-electron chi connectivity index (χ3n) is 6.24. The Kier molecular flexibility index (Phi) is 5.57. The zero-order valence-electron chi connectivity index (χ0n) is 17.5. The Morgan fingerprint density at radius 3 is 2.23 bits per heavy atom. The number of carbonyl (C=O) groups excluding carboxylic acids is 3. The Balaban J connectivity index is 1.37. The fourth-order valence-corrected chi connectivity index (χ4v) is 4.29. The van der Waals surface area contributed by atoms with Gasteiger partial charge in [-0.05, 0) is 43.2 Å². The molecule has 3 amide bonds. The van der Waals surface area contributed by atoms with Gasteiger partial charge in [-0.25, -0.2) is 0 Å². The predicted octanol–water partition coefficient (Wildman–Crippen LogP) is 2.64. The molecule has 6 heteroatoms. The second-order valence-electron chi connectivity index (χ2n) is 8.11. The van der Waals surface area contributed by atoms with Gasteiger partial charge in [0.25, 0.3) is 5.91 Å². The number of hydrogen-bond acceptors (Lipinski definition) is 3. The molecule has 0 radical (unpaired) electrons. The van der Waals surface area contributed by atoms with Crippen LogP contribution in [-0.2, 0) is 9.59 Å². The molecule has 156 valence electrons. The first-order chi connectivity index (χ1) is 14.5. The molecule has 1 atom stereocenters. The Morgan fingerprint density at radius 2 is 1.53 bits per heavy atom. The summed E-state index contributed by atoms with van der Waals surface area (Å²) in [7, 11) is 0. The number of benzene rings is 2. The second kappa shape index (κ2) is 8.30. The summed E-state index contributed by atoms with van der Waals surface area (Å²) in [4.78, 5) is 43.7. The highest BCUT2D eigenvalue weighted by Crippen LogP contribution is 2.30. The number of hydrogen-bond donors (Lipinski definition) is 0. The van der Waals surface area contributed by atoms with Crippen LogP contribution in [0, 0.1) is 19.8 Å². The molecule has 0 N–H and O–H groups in total. The standard InChI is InChI=1S/C24H27N3O3/c1-17-7-6-10-21(18(17)2)27-16-20(15-22(27)28)24(30)26-13-11-25(12-14-26)23(29)19-8-4-3-5-9-19/h3-10,20H,11-16H2,1-2H3/t20-/m1/s1. The molecule has 2 aliphatic heterocycles. The summed E-state index contributed by atoms with van der Waals surface area (Å²) in [6.07, 6.45) is 0.245. The Labute approximate surface area is 177 Å². The van der Waals surface area contributed by atoms with Crippen molar-refractivity contribution in [3.05, 3.63) is 65.2 Å². The molecule has 4 rings (SSSR count). The van der Waals surface area contributed by atoms with Crippen molar-refractivity contribution >= 4 is 23.4 Å². The Bertz CT molecular complexity index is 965. The minimum atomic E-state index is -0.325. The lowest BCUT2D eigenvalue weighted by atomic mass is 10.1. The van der Waals surface area contributed by atoms with E-state index in [-0.39, 0.29) is 30.1 Å². The van der Waals surface area contributed by atoms with Gasteiger partial charge in [-0.3, -0.25) is 14.4 Å². The number of piperazine rings is 1. The summed E-state index contributed by atoms with van der Waals surface area (Å²) < 4.78 is 0. The van der Waals surface area contributed by atoms with E-state index in [2.05, 4.69) is 0 Å². The smallest absolute Gasteiger partial charge is 0.253 e. The molecule has 0 bridgehead atoms. The molecule has 2 fully saturated rings. The number of carbonyl (C=O) groups is 3. The quantitative estimate of drug-likeness (QED) is 0.789. The van der Waals surface area contributed by atoms with Gasteiger partial charge in [-0.2, -0.15) is 0 Å². The fourth-order valence-electron chi connectivity index (χ4n) is 4.29. The first-order valence-electron chi connectivity index (χ1n) is 10.5. The summed E-state index contributed by atoms with van der Waals surface area (Å²) in [6.45, 7) is 6.50. The van der Waals surface area contributed by atoms with E-state index in [9.17, 15) is 14.4 Å². The van der Waals surface area contributed by atoms with Crippen LogP contribution >= 0.6 is 0 Å². The summed E-state index contributed by atoms with van der Waals surface area (Å²) in [6, 6.07) is 15.1. The largest absolute Gasteiger partial charge is 0.339 e. The van der Waals surface area contributed by atoms with Crippen LogP contribution in [0.5, 0.6) is 0 Å². The molecular formula is C24H27N3O3. The molecule has 6 nitrogen and oxygen atoms in total. The minimum Gasteiger partial charge on any atom is -0.339 e. The maximum absolute atomic E-state index is 13.1. The van der Waals surface area contributed by atoms with Gasteiger partial charge in [-0.1, -0.05) is 30.3 Å². The van der Waals surface area contributed by atoms with Gasteiger partial charge in [0.1, 0.15) is 0 Å². The zero-order valence-corrected chi connectivity index (χ0v) is 17.5. The van der Waals surface area contributed by atoms with Crippen LogP contribution in [-0.4, -0.2) is 60.2 Å². The van der Waals surface area contributed by atoms with E-state index in [1.54, 1.807) is 14.7 Å². The second-order valence-corrected chi connectivity index (χ2v) is 8.11. The highest BCUT2D eigenvalue weighted by atomic mass is 16.2. The molecule has 0 saturated carbocycles. The summed E-state index contributed by atoms with van der Waals surface area (Å²) in [5, 5.41) is 0. The molecule has 0 spiro atoms. The SMILES string of the molecule is Cc1cccc(N2C[C@H](C(=O)N3CCN(C(=O)c4ccccc4)CC3)CC2=O)c1C. The molecule has 2 heterocycles. The lowest BCUT2D eigenvalue weighted by molar-refractivity contribution is -0.137. The average molecular weight is 405 g/mol. The van der Waals surface area contributed by atoms with E-state index in [1.165, 1.54) is 0 Å². The topological polar surface area (TPSA) is 60.9 Å². The molecule has 2 saturated heterocycles. The maximum Gasteiger partial charge on any atom is 0.253 e. The number of amides is 3. The molecule has 2 aromatic rings. The molecule has 2 aromatic carbocycles. The number of anilines is 1. The summed E-state index contributed by atoms with van der Waals surface area (Å²) >= 11 is 0. The first kappa shape index (κ1) is 20.1. The molecule has 30 heavy (non-hydrogen) atoms. The van der Waals surface area contributed by atoms with E-state index < -0.39 is 0 Å². The highest BCUT2D eigenvalue weighted by Gasteiger charge is 2.38. The predicted molar refractivity (Wildman–Crippen MR) is 115 cm³/mol. The molecule has 2 aliphatic rings. The lowest BCUT2D eigenvalue weighted by Gasteiger charge is -2.36. The highest BCUT2D eigenvalue weighted by molar-refractivity contribution is 6.01. The number of nitrogens with zero attached hydrogens (tertiary/aromatic N) is 3. The minimum absolute atomic E-state index is 0.0000543. The molecule has 0 aromatic heterocycles. The van der Waals surface area contributed by atoms with Gasteiger partial charge in [-0.15, -0.1) is 0 Å². The third-order valence-corrected chi connectivity index (χ3v) is 6.24. The van der Waals surface area contributed by atoms with Gasteiger partial charge >= 0.3 is 0 Å². The first-order valence-corrected chi connectivity index (χ1v) is 10.5. The van der Waals surface area contributed by atoms with Crippen LogP contribution in [0.1, 0.15) is 27.9 Å². The van der Waals surface area contributed by atoms with Crippen LogP contribution < -0.4 is 4.90 Å². The normalized spacial score (nSPS) is 19.3. The van der Waals surface area contributed by atoms with E-state index in [4.69, 9.17) is 0 Å². The van der Waals surface area contributed by atoms with Gasteiger partial charge in [0.2, 0.25) is 11.8 Å². The van der Waals surface area contributed by atoms with E-state index in [1.807, 2.05) is 62.4 Å². The summed E-state index contributed by atoms with van der Waals surface area (Å²) in [5.74, 6) is -0.309. The van der Waals surface area contributed by atoms with Crippen LogP contribution in [0.25, 0.3) is 0 Å². The van der Waals surface area contributed by atoms with E-state index >= 15 is 0 Å².